The van der Waals surface area contributed by atoms with Crippen LogP contribution in [0.3, 0.4) is 0 Å². The van der Waals surface area contributed by atoms with E-state index in [1.165, 1.54) is 19.3 Å². The normalized spacial score (nSPS) is 51.2. The van der Waals surface area contributed by atoms with E-state index in [2.05, 4.69) is 40.7 Å². The largest absolute Gasteiger partial charge is 0.393 e. The van der Waals surface area contributed by atoms with Crippen molar-refractivity contribution < 1.29 is 24.8 Å². The molecule has 0 bridgehead atoms. The number of aliphatic hydroxyl groups is 3. The summed E-state index contributed by atoms with van der Waals surface area (Å²) in [6.45, 7) is 15.5. The highest BCUT2D eigenvalue weighted by molar-refractivity contribution is 5.33. The maximum absolute atomic E-state index is 10.9. The van der Waals surface area contributed by atoms with Crippen LogP contribution in [-0.2, 0) is 9.47 Å². The first kappa shape index (κ1) is 27.1. The molecule has 0 amide bonds. The molecule has 0 aromatic carbocycles. The van der Waals surface area contributed by atoms with Gasteiger partial charge in [-0.3, -0.25) is 0 Å². The molecule has 1 heterocycles. The molecule has 0 unspecified atom stereocenters. The molecule has 206 valence electrons. The fourth-order valence-electron chi connectivity index (χ4n) is 10.4. The molecule has 3 N–H and O–H groups in total. The van der Waals surface area contributed by atoms with Gasteiger partial charge in [-0.25, -0.2) is 0 Å². The van der Waals surface area contributed by atoms with Crippen molar-refractivity contribution in [2.75, 3.05) is 7.11 Å². The summed E-state index contributed by atoms with van der Waals surface area (Å²) in [7, 11) is 1.72. The summed E-state index contributed by atoms with van der Waals surface area (Å²) in [6, 6.07) is 0. The smallest absolute Gasteiger partial charge is 0.160 e. The van der Waals surface area contributed by atoms with Gasteiger partial charge in [0, 0.05) is 13.0 Å². The molecule has 5 rings (SSSR count). The fraction of sp³-hybridized carbons (Fsp3) is 0.935. The Morgan fingerprint density at radius 3 is 2.39 bits per heavy atom. The van der Waals surface area contributed by atoms with Gasteiger partial charge in [0.25, 0.3) is 0 Å². The Bertz CT molecular complexity index is 890. The van der Waals surface area contributed by atoms with E-state index in [1.54, 1.807) is 26.5 Å². The van der Waals surface area contributed by atoms with E-state index in [4.69, 9.17) is 9.47 Å². The number of rotatable bonds is 4. The number of hydrogen-bond acceptors (Lipinski definition) is 5. The van der Waals surface area contributed by atoms with Gasteiger partial charge < -0.3 is 24.8 Å². The maximum Gasteiger partial charge on any atom is 0.160 e. The van der Waals surface area contributed by atoms with Gasteiger partial charge in [-0.05, 0) is 105 Å². The van der Waals surface area contributed by atoms with Crippen molar-refractivity contribution in [3.63, 3.8) is 0 Å². The number of hydrogen-bond donors (Lipinski definition) is 3. The number of ether oxygens (including phenoxy) is 2. The molecule has 5 heteroatoms. The SMILES string of the molecule is CO[C@@H]1O[C@@H]([C@H](O)C(C)(C)O)C[C@@H]1[C@@H]1CC[C@]2(C)C3=CC[C@H]4C(C)(C)[C@H](O)CC[C@]4(C)[C@H]3CC[C@@]12C. The van der Waals surface area contributed by atoms with Gasteiger partial charge in [-0.1, -0.05) is 46.3 Å². The van der Waals surface area contributed by atoms with Gasteiger partial charge in [0.05, 0.1) is 17.8 Å². The topological polar surface area (TPSA) is 79.2 Å². The Balaban J connectivity index is 1.45. The van der Waals surface area contributed by atoms with Crippen molar-refractivity contribution in [2.24, 2.45) is 45.3 Å². The monoisotopic (exact) mass is 504 g/mol. The molecule has 1 aliphatic heterocycles. The van der Waals surface area contributed by atoms with Crippen molar-refractivity contribution in [1.29, 1.82) is 0 Å². The third kappa shape index (κ3) is 3.58. The number of methoxy groups -OCH3 is 1. The Labute approximate surface area is 219 Å². The molecule has 0 radical (unpaired) electrons. The molecule has 5 nitrogen and oxygen atoms in total. The molecule has 0 spiro atoms. The maximum atomic E-state index is 10.9. The second kappa shape index (κ2) is 8.52. The molecule has 36 heavy (non-hydrogen) atoms. The van der Waals surface area contributed by atoms with Crippen LogP contribution in [0, 0.1) is 45.3 Å². The van der Waals surface area contributed by atoms with Gasteiger partial charge in [-0.15, -0.1) is 0 Å². The first-order chi connectivity index (χ1) is 16.6. The molecule has 4 fully saturated rings. The van der Waals surface area contributed by atoms with Crippen molar-refractivity contribution in [3.8, 4) is 0 Å². The molecule has 4 aliphatic carbocycles. The molecule has 3 saturated carbocycles. The van der Waals surface area contributed by atoms with Crippen molar-refractivity contribution in [1.82, 2.24) is 0 Å². The first-order valence-electron chi connectivity index (χ1n) is 14.6. The molecule has 1 saturated heterocycles. The number of fused-ring (bicyclic) bond motifs is 5. The number of aliphatic hydroxyl groups excluding tert-OH is 2. The highest BCUT2D eigenvalue weighted by Crippen LogP contribution is 2.73. The highest BCUT2D eigenvalue weighted by Gasteiger charge is 2.66. The van der Waals surface area contributed by atoms with Gasteiger partial charge in [-0.2, -0.15) is 0 Å². The van der Waals surface area contributed by atoms with E-state index in [-0.39, 0.29) is 40.0 Å². The van der Waals surface area contributed by atoms with Crippen LogP contribution in [0.1, 0.15) is 99.8 Å². The second-order valence-electron chi connectivity index (χ2n) is 15.1. The van der Waals surface area contributed by atoms with Gasteiger partial charge in [0.2, 0.25) is 0 Å². The molecular weight excluding hydrogens is 452 g/mol. The Hall–Kier alpha value is -0.460. The lowest BCUT2D eigenvalue weighted by molar-refractivity contribution is -0.184. The predicted octanol–water partition coefficient (Wildman–Crippen LogP) is 5.46. The average molecular weight is 505 g/mol. The van der Waals surface area contributed by atoms with Crippen LogP contribution in [0.4, 0.5) is 0 Å². The van der Waals surface area contributed by atoms with Crippen LogP contribution in [-0.4, -0.2) is 52.6 Å². The van der Waals surface area contributed by atoms with E-state index >= 15 is 0 Å². The third-order valence-electron chi connectivity index (χ3n) is 12.9. The standard InChI is InChI=1S/C31H52O5/c1-27(2)23-10-9-21-20(29(23,5)14-13-24(27)32)12-16-30(6)19(11-15-31(21,30)7)18-17-22(36-26(18)35-8)25(33)28(3,4)34/h9,18-20,22-26,32-34H,10-17H2,1-8H3/t18-,19+,20+,22-,23+,24-,25+,26-,29-,30+,31-/m1/s1. The van der Waals surface area contributed by atoms with E-state index in [0.29, 0.717) is 17.8 Å². The summed E-state index contributed by atoms with van der Waals surface area (Å²) >= 11 is 0. The lowest BCUT2D eigenvalue weighted by Crippen LogP contribution is -2.58. The molecule has 5 aliphatic rings. The summed E-state index contributed by atoms with van der Waals surface area (Å²) < 4.78 is 12.1. The first-order valence-corrected chi connectivity index (χ1v) is 14.6. The lowest BCUT2D eigenvalue weighted by Gasteiger charge is -2.64. The summed E-state index contributed by atoms with van der Waals surface area (Å²) in [4.78, 5) is 0. The average Bonchev–Trinajstić information content (AvgIpc) is 3.33. The minimum absolute atomic E-state index is 0.0436. The van der Waals surface area contributed by atoms with Crippen LogP contribution in [0.2, 0.25) is 0 Å². The summed E-state index contributed by atoms with van der Waals surface area (Å²) in [6.07, 6.45) is 9.34. The summed E-state index contributed by atoms with van der Waals surface area (Å²) in [5.41, 5.74) is 1.01. The Morgan fingerprint density at radius 1 is 1.06 bits per heavy atom. The molecular formula is C31H52O5. The summed E-state index contributed by atoms with van der Waals surface area (Å²) in [5.74, 6) is 1.81. The molecule has 11 atom stereocenters. The predicted molar refractivity (Wildman–Crippen MR) is 141 cm³/mol. The third-order valence-corrected chi connectivity index (χ3v) is 12.9. The van der Waals surface area contributed by atoms with Crippen LogP contribution in [0.25, 0.3) is 0 Å². The quantitative estimate of drug-likeness (QED) is 0.443. The zero-order valence-corrected chi connectivity index (χ0v) is 24.0. The van der Waals surface area contributed by atoms with E-state index in [0.717, 1.165) is 32.1 Å². The minimum Gasteiger partial charge on any atom is -0.393 e. The molecule has 0 aromatic rings. The Kier molecular flexibility index (Phi) is 6.42. The van der Waals surface area contributed by atoms with Crippen molar-refractivity contribution in [2.45, 2.75) is 130 Å². The van der Waals surface area contributed by atoms with E-state index < -0.39 is 17.8 Å². The fourth-order valence-corrected chi connectivity index (χ4v) is 10.4. The highest BCUT2D eigenvalue weighted by atomic mass is 16.7. The minimum atomic E-state index is -1.20. The van der Waals surface area contributed by atoms with Crippen LogP contribution >= 0.6 is 0 Å². The van der Waals surface area contributed by atoms with Crippen molar-refractivity contribution >= 4 is 0 Å². The lowest BCUT2D eigenvalue weighted by atomic mass is 9.41. The Morgan fingerprint density at radius 2 is 1.75 bits per heavy atom. The van der Waals surface area contributed by atoms with Crippen LogP contribution < -0.4 is 0 Å². The van der Waals surface area contributed by atoms with Crippen LogP contribution in [0.5, 0.6) is 0 Å². The van der Waals surface area contributed by atoms with E-state index in [1.807, 2.05) is 0 Å². The second-order valence-corrected chi connectivity index (χ2v) is 15.1. The number of allylic oxidation sites excluding steroid dienone is 2. The molecule has 0 aromatic heterocycles. The van der Waals surface area contributed by atoms with Gasteiger partial charge >= 0.3 is 0 Å². The van der Waals surface area contributed by atoms with Crippen LogP contribution in [0.15, 0.2) is 11.6 Å². The zero-order chi connectivity index (χ0) is 26.5. The van der Waals surface area contributed by atoms with Gasteiger partial charge in [0.1, 0.15) is 6.10 Å². The van der Waals surface area contributed by atoms with Crippen molar-refractivity contribution in [3.05, 3.63) is 11.6 Å². The van der Waals surface area contributed by atoms with Gasteiger partial charge in [0.15, 0.2) is 6.29 Å². The zero-order valence-electron chi connectivity index (χ0n) is 24.0. The summed E-state index contributed by atoms with van der Waals surface area (Å²) in [5, 5.41) is 32.1. The van der Waals surface area contributed by atoms with E-state index in [9.17, 15) is 15.3 Å².